The Kier molecular flexibility index (Phi) is 4.57. The highest BCUT2D eigenvalue weighted by molar-refractivity contribution is 8.17. The predicted octanol–water partition coefficient (Wildman–Crippen LogP) is 0.599. The van der Waals surface area contributed by atoms with Crippen molar-refractivity contribution < 1.29 is 4.55 Å². The summed E-state index contributed by atoms with van der Waals surface area (Å²) in [4.78, 5) is 0.263. The van der Waals surface area contributed by atoms with Crippen molar-refractivity contribution in [1.29, 1.82) is 5.41 Å². The minimum atomic E-state index is -1.58. The summed E-state index contributed by atoms with van der Waals surface area (Å²) >= 11 is 0. The number of hydrogen-bond acceptors (Lipinski definition) is 3. The first-order valence-corrected chi connectivity index (χ1v) is 4.16. The lowest BCUT2D eigenvalue weighted by Crippen LogP contribution is -2.02. The van der Waals surface area contributed by atoms with Crippen molar-refractivity contribution in [1.82, 2.24) is 5.32 Å². The van der Waals surface area contributed by atoms with Crippen LogP contribution in [0.25, 0.3) is 0 Å². The molecule has 0 aliphatic carbocycles. The Hall–Kier alpha value is -0.190. The van der Waals surface area contributed by atoms with E-state index in [4.69, 9.17) is 16.1 Å². The molecule has 0 aliphatic heterocycles. The smallest absolute Gasteiger partial charge is 0.205 e. The van der Waals surface area contributed by atoms with Crippen LogP contribution in [0, 0.1) is 5.41 Å². The molecule has 0 fully saturated rings. The third kappa shape index (κ3) is 3.40. The molecule has 52 valence electrons. The van der Waals surface area contributed by atoms with Gasteiger partial charge in [-0.05, 0) is 0 Å². The Morgan fingerprint density at radius 2 is 2.44 bits per heavy atom. The highest BCUT2D eigenvalue weighted by atomic mass is 35.7. The Bertz CT molecular complexity index is 126. The summed E-state index contributed by atoms with van der Waals surface area (Å²) in [6.07, 6.45) is 2.36. The van der Waals surface area contributed by atoms with Crippen molar-refractivity contribution in [3.05, 3.63) is 11.1 Å². The van der Waals surface area contributed by atoms with Gasteiger partial charge in [0.25, 0.3) is 0 Å². The number of halogens is 1. The second-order valence-corrected chi connectivity index (χ2v) is 2.96. The quantitative estimate of drug-likeness (QED) is 0.477. The molecule has 5 heteroatoms. The van der Waals surface area contributed by atoms with Crippen LogP contribution in [0.2, 0.25) is 0 Å². The lowest BCUT2D eigenvalue weighted by Gasteiger charge is -1.96. The largest absolute Gasteiger partial charge is 0.594 e. The van der Waals surface area contributed by atoms with Crippen LogP contribution in [0.5, 0.6) is 0 Å². The zero-order chi connectivity index (χ0) is 7.28. The van der Waals surface area contributed by atoms with Crippen LogP contribution < -0.4 is 5.32 Å². The number of nitrogens with one attached hydrogen (secondary N) is 2. The van der Waals surface area contributed by atoms with Crippen LogP contribution in [0.1, 0.15) is 0 Å². The molecule has 0 saturated carbocycles. The van der Waals surface area contributed by atoms with E-state index in [-0.39, 0.29) is 4.91 Å². The molecular formula is C4H7ClN2OS. The summed E-state index contributed by atoms with van der Waals surface area (Å²) < 4.78 is 10.4. The Labute approximate surface area is 61.3 Å². The Morgan fingerprint density at radius 3 is 2.56 bits per heavy atom. The van der Waals surface area contributed by atoms with E-state index in [1.54, 1.807) is 7.05 Å². The number of allylic oxidation sites excluding steroid dienone is 1. The maximum atomic E-state index is 10.4. The van der Waals surface area contributed by atoms with Gasteiger partial charge in [0.15, 0.2) is 10.7 Å². The lowest BCUT2D eigenvalue weighted by atomic mass is 10.6. The molecule has 2 N–H and O–H groups in total. The van der Waals surface area contributed by atoms with E-state index in [1.807, 2.05) is 0 Å². The predicted molar refractivity (Wildman–Crippen MR) is 39.9 cm³/mol. The summed E-state index contributed by atoms with van der Waals surface area (Å²) in [5.74, 6) is 0. The van der Waals surface area contributed by atoms with Crippen molar-refractivity contribution >= 4 is 27.3 Å². The topological polar surface area (TPSA) is 58.9 Å². The highest BCUT2D eigenvalue weighted by Gasteiger charge is 2.06. The van der Waals surface area contributed by atoms with Crippen molar-refractivity contribution in [3.63, 3.8) is 0 Å². The van der Waals surface area contributed by atoms with Gasteiger partial charge >= 0.3 is 0 Å². The van der Waals surface area contributed by atoms with Gasteiger partial charge in [0.2, 0.25) is 4.91 Å². The van der Waals surface area contributed by atoms with Gasteiger partial charge in [-0.2, -0.15) is 0 Å². The molecule has 0 bridgehead atoms. The van der Waals surface area contributed by atoms with Gasteiger partial charge in [-0.3, -0.25) is 0 Å². The van der Waals surface area contributed by atoms with Gasteiger partial charge in [-0.25, -0.2) is 0 Å². The van der Waals surface area contributed by atoms with Gasteiger partial charge in [-0.15, -0.1) is 0 Å². The summed E-state index contributed by atoms with van der Waals surface area (Å²) in [6, 6.07) is 0. The molecule has 3 nitrogen and oxygen atoms in total. The molecule has 1 atom stereocenters. The van der Waals surface area contributed by atoms with Crippen LogP contribution in [-0.4, -0.2) is 17.8 Å². The molecule has 0 heterocycles. The minimum Gasteiger partial charge on any atom is -0.594 e. The van der Waals surface area contributed by atoms with E-state index in [0.29, 0.717) is 0 Å². The first kappa shape index (κ1) is 8.81. The molecule has 0 aliphatic rings. The van der Waals surface area contributed by atoms with E-state index in [1.165, 1.54) is 6.20 Å². The van der Waals surface area contributed by atoms with Gasteiger partial charge in [0.05, 0.1) is 12.4 Å². The average Bonchev–Trinajstić information content (AvgIpc) is 1.82. The molecule has 0 radical (unpaired) electrons. The third-order valence-electron chi connectivity index (χ3n) is 0.614. The fourth-order valence-electron chi connectivity index (χ4n) is 0.277. The van der Waals surface area contributed by atoms with Crippen LogP contribution in [0.15, 0.2) is 11.1 Å². The molecule has 0 aromatic rings. The van der Waals surface area contributed by atoms with Gasteiger partial charge < -0.3 is 15.3 Å². The molecule has 0 amide bonds. The first-order chi connectivity index (χ1) is 4.22. The molecule has 0 rings (SSSR count). The van der Waals surface area contributed by atoms with Gasteiger partial charge in [-0.1, -0.05) is 0 Å². The highest BCUT2D eigenvalue weighted by Crippen LogP contribution is 2.07. The fraction of sp³-hybridized carbons (Fsp3) is 0.250. The van der Waals surface area contributed by atoms with Crippen molar-refractivity contribution in [2.24, 2.45) is 0 Å². The van der Waals surface area contributed by atoms with Crippen molar-refractivity contribution in [3.8, 4) is 0 Å². The SMILES string of the molecule is CN/C=C(\C=N)[S+]([O-])Cl. The second kappa shape index (κ2) is 4.67. The number of hydrogen-bond donors (Lipinski definition) is 2. The minimum absolute atomic E-state index is 0.263. The molecule has 0 aromatic carbocycles. The van der Waals surface area contributed by atoms with E-state index in [2.05, 4.69) is 5.32 Å². The van der Waals surface area contributed by atoms with Crippen LogP contribution >= 0.6 is 10.7 Å². The van der Waals surface area contributed by atoms with E-state index in [0.717, 1.165) is 6.21 Å². The first-order valence-electron chi connectivity index (χ1n) is 2.18. The van der Waals surface area contributed by atoms with E-state index >= 15 is 0 Å². The van der Waals surface area contributed by atoms with Crippen LogP contribution in [0.4, 0.5) is 0 Å². The average molecular weight is 167 g/mol. The summed E-state index contributed by atoms with van der Waals surface area (Å²) in [6.45, 7) is 0. The maximum Gasteiger partial charge on any atom is 0.205 e. The van der Waals surface area contributed by atoms with Crippen molar-refractivity contribution in [2.75, 3.05) is 7.05 Å². The van der Waals surface area contributed by atoms with Crippen LogP contribution in [-0.2, 0) is 10.4 Å². The van der Waals surface area contributed by atoms with Gasteiger partial charge in [0, 0.05) is 7.05 Å². The van der Waals surface area contributed by atoms with Gasteiger partial charge in [0.1, 0.15) is 10.4 Å². The molecule has 0 saturated heterocycles. The Balaban J connectivity index is 3.97. The zero-order valence-corrected chi connectivity index (χ0v) is 6.42. The standard InChI is InChI=1S/C4H7ClN2OS/c1-7-3-4(2-6)9(5)8/h2-3,6-7H,1H3/b4-3+,6-2?. The molecule has 0 spiro atoms. The lowest BCUT2D eigenvalue weighted by molar-refractivity contribution is 0.615. The Morgan fingerprint density at radius 1 is 1.89 bits per heavy atom. The number of rotatable bonds is 3. The molecular weight excluding hydrogens is 160 g/mol. The summed E-state index contributed by atoms with van der Waals surface area (Å²) in [5, 5.41) is 9.29. The van der Waals surface area contributed by atoms with Crippen LogP contribution in [0.3, 0.4) is 0 Å². The zero-order valence-electron chi connectivity index (χ0n) is 4.85. The monoisotopic (exact) mass is 166 g/mol. The van der Waals surface area contributed by atoms with E-state index in [9.17, 15) is 4.55 Å². The second-order valence-electron chi connectivity index (χ2n) is 1.20. The summed E-state index contributed by atoms with van der Waals surface area (Å²) in [5.41, 5.74) is 0. The maximum absolute atomic E-state index is 10.4. The fourth-order valence-corrected chi connectivity index (χ4v) is 0.847. The molecule has 9 heavy (non-hydrogen) atoms. The summed E-state index contributed by atoms with van der Waals surface area (Å²) in [7, 11) is 5.21. The van der Waals surface area contributed by atoms with Crippen molar-refractivity contribution in [2.45, 2.75) is 0 Å². The normalized spacial score (nSPS) is 14.8. The third-order valence-corrected chi connectivity index (χ3v) is 1.76. The molecule has 1 unspecified atom stereocenters. The molecule has 0 aromatic heterocycles. The van der Waals surface area contributed by atoms with E-state index < -0.39 is 10.4 Å².